The fourth-order valence-electron chi connectivity index (χ4n) is 2.56. The molecule has 1 aliphatic rings. The molecule has 1 aromatic rings. The van der Waals surface area contributed by atoms with Gasteiger partial charge in [-0.1, -0.05) is 6.92 Å². The second-order valence-electron chi connectivity index (χ2n) is 5.03. The van der Waals surface area contributed by atoms with Crippen molar-refractivity contribution in [2.24, 2.45) is 5.92 Å². The molecule has 0 aliphatic carbocycles. The maximum absolute atomic E-state index is 12.3. The Morgan fingerprint density at radius 1 is 1.45 bits per heavy atom. The number of hydrogen-bond donors (Lipinski definition) is 0. The van der Waals surface area contributed by atoms with E-state index in [2.05, 4.69) is 4.98 Å². The zero-order chi connectivity index (χ0) is 14.5. The van der Waals surface area contributed by atoms with Crippen molar-refractivity contribution >= 4 is 11.8 Å². The molecule has 0 aromatic carbocycles. The van der Waals surface area contributed by atoms with Crippen molar-refractivity contribution in [2.75, 3.05) is 25.1 Å². The molecule has 2 heterocycles. The number of aromatic nitrogens is 2. The van der Waals surface area contributed by atoms with Crippen LogP contribution in [0.3, 0.4) is 0 Å². The fraction of sp³-hybridized carbons (Fsp3) is 0.643. The van der Waals surface area contributed by atoms with E-state index >= 15 is 0 Å². The van der Waals surface area contributed by atoms with Crippen molar-refractivity contribution in [1.29, 1.82) is 0 Å². The summed E-state index contributed by atoms with van der Waals surface area (Å²) in [4.78, 5) is 30.0. The number of rotatable bonds is 4. The lowest BCUT2D eigenvalue weighted by atomic mass is 9.97. The Kier molecular flexibility index (Phi) is 4.76. The van der Waals surface area contributed by atoms with E-state index < -0.39 is 0 Å². The van der Waals surface area contributed by atoms with Crippen LogP contribution in [0.15, 0.2) is 17.2 Å². The van der Waals surface area contributed by atoms with Crippen molar-refractivity contribution in [1.82, 2.24) is 9.55 Å². The molecule has 0 radical (unpaired) electrons. The number of carbonyl (C=O) groups is 1. The number of methoxy groups -OCH3 is 1. The molecule has 1 fully saturated rings. The zero-order valence-electron chi connectivity index (χ0n) is 12.0. The molecular formula is C14H21N3O3. The molecule has 0 atom stereocenters. The summed E-state index contributed by atoms with van der Waals surface area (Å²) in [6.45, 7) is 4.07. The lowest BCUT2D eigenvalue weighted by Crippen LogP contribution is -2.41. The van der Waals surface area contributed by atoms with Crippen molar-refractivity contribution in [3.05, 3.63) is 22.7 Å². The summed E-state index contributed by atoms with van der Waals surface area (Å²) in [5.74, 6) is 0.274. The topological polar surface area (TPSA) is 64.4 Å². The van der Waals surface area contributed by atoms with Gasteiger partial charge >= 0.3 is 5.97 Å². The standard InChI is InChI=1S/C14H21N3O3/c1-3-7-17-10-6-15-12(13(17)18)16-8-4-11(5-9-16)14(19)20-2/h6,10-11H,3-5,7-9H2,1-2H3. The summed E-state index contributed by atoms with van der Waals surface area (Å²) in [7, 11) is 1.41. The molecule has 1 aliphatic heterocycles. The van der Waals surface area contributed by atoms with Gasteiger partial charge in [-0.25, -0.2) is 4.98 Å². The smallest absolute Gasteiger partial charge is 0.308 e. The van der Waals surface area contributed by atoms with Gasteiger partial charge < -0.3 is 14.2 Å². The third kappa shape index (κ3) is 3.00. The molecule has 1 saturated heterocycles. The molecule has 1 aromatic heterocycles. The summed E-state index contributed by atoms with van der Waals surface area (Å²) in [6, 6.07) is 0. The summed E-state index contributed by atoms with van der Waals surface area (Å²) < 4.78 is 6.46. The number of anilines is 1. The van der Waals surface area contributed by atoms with E-state index in [0.29, 0.717) is 38.3 Å². The van der Waals surface area contributed by atoms with E-state index in [1.165, 1.54) is 7.11 Å². The van der Waals surface area contributed by atoms with Crippen molar-refractivity contribution < 1.29 is 9.53 Å². The summed E-state index contributed by atoms with van der Waals surface area (Å²) in [5.41, 5.74) is -0.0501. The largest absolute Gasteiger partial charge is 0.469 e. The van der Waals surface area contributed by atoms with Crippen molar-refractivity contribution in [3.63, 3.8) is 0 Å². The van der Waals surface area contributed by atoms with Crippen molar-refractivity contribution in [3.8, 4) is 0 Å². The van der Waals surface area contributed by atoms with Gasteiger partial charge in [-0.15, -0.1) is 0 Å². The van der Waals surface area contributed by atoms with Gasteiger partial charge in [-0.05, 0) is 19.3 Å². The Morgan fingerprint density at radius 2 is 2.15 bits per heavy atom. The van der Waals surface area contributed by atoms with Crippen LogP contribution in [-0.2, 0) is 16.1 Å². The van der Waals surface area contributed by atoms with Crippen LogP contribution in [0.2, 0.25) is 0 Å². The van der Waals surface area contributed by atoms with E-state index in [-0.39, 0.29) is 17.4 Å². The van der Waals surface area contributed by atoms with Gasteiger partial charge in [-0.2, -0.15) is 0 Å². The normalized spacial score (nSPS) is 16.2. The van der Waals surface area contributed by atoms with Gasteiger partial charge in [0.1, 0.15) is 0 Å². The molecule has 0 N–H and O–H groups in total. The van der Waals surface area contributed by atoms with Gasteiger partial charge in [-0.3, -0.25) is 9.59 Å². The van der Waals surface area contributed by atoms with E-state index in [4.69, 9.17) is 4.74 Å². The fourth-order valence-corrected chi connectivity index (χ4v) is 2.56. The Labute approximate surface area is 118 Å². The Balaban J connectivity index is 2.09. The molecule has 0 saturated carbocycles. The second-order valence-corrected chi connectivity index (χ2v) is 5.03. The van der Waals surface area contributed by atoms with Gasteiger partial charge in [0, 0.05) is 32.0 Å². The minimum Gasteiger partial charge on any atom is -0.469 e. The maximum atomic E-state index is 12.3. The SMILES string of the molecule is CCCn1ccnc(N2CCC(C(=O)OC)CC2)c1=O. The van der Waals surface area contributed by atoms with Crippen LogP contribution in [0.1, 0.15) is 26.2 Å². The predicted octanol–water partition coefficient (Wildman–Crippen LogP) is 1.04. The molecule has 0 amide bonds. The molecule has 2 rings (SSSR count). The van der Waals surface area contributed by atoms with Crippen LogP contribution in [0.5, 0.6) is 0 Å². The minimum atomic E-state index is -0.158. The van der Waals surface area contributed by atoms with Crippen LogP contribution < -0.4 is 10.5 Å². The predicted molar refractivity (Wildman–Crippen MR) is 75.7 cm³/mol. The van der Waals surface area contributed by atoms with E-state index in [9.17, 15) is 9.59 Å². The highest BCUT2D eigenvalue weighted by atomic mass is 16.5. The average molecular weight is 279 g/mol. The number of aryl methyl sites for hydroxylation is 1. The average Bonchev–Trinajstić information content (AvgIpc) is 2.49. The highest BCUT2D eigenvalue weighted by Crippen LogP contribution is 2.20. The number of piperidine rings is 1. The highest BCUT2D eigenvalue weighted by molar-refractivity contribution is 5.72. The van der Waals surface area contributed by atoms with Gasteiger partial charge in [0.2, 0.25) is 0 Å². The first-order valence-electron chi connectivity index (χ1n) is 7.05. The Morgan fingerprint density at radius 3 is 2.75 bits per heavy atom. The number of ether oxygens (including phenoxy) is 1. The molecule has 6 heteroatoms. The second kappa shape index (κ2) is 6.54. The lowest BCUT2D eigenvalue weighted by Gasteiger charge is -2.31. The summed E-state index contributed by atoms with van der Waals surface area (Å²) >= 11 is 0. The van der Waals surface area contributed by atoms with Crippen LogP contribution in [0, 0.1) is 5.92 Å². The Hall–Kier alpha value is -1.85. The van der Waals surface area contributed by atoms with Crippen LogP contribution in [0.4, 0.5) is 5.82 Å². The number of nitrogens with zero attached hydrogens (tertiary/aromatic N) is 3. The first-order chi connectivity index (χ1) is 9.67. The number of hydrogen-bond acceptors (Lipinski definition) is 5. The van der Waals surface area contributed by atoms with Crippen LogP contribution in [0.25, 0.3) is 0 Å². The first kappa shape index (κ1) is 14.6. The molecule has 0 bridgehead atoms. The van der Waals surface area contributed by atoms with Crippen molar-refractivity contribution in [2.45, 2.75) is 32.7 Å². The first-order valence-corrected chi connectivity index (χ1v) is 7.05. The summed E-state index contributed by atoms with van der Waals surface area (Å²) in [6.07, 6.45) is 5.70. The van der Waals surface area contributed by atoms with Gasteiger partial charge in [0.15, 0.2) is 5.82 Å². The van der Waals surface area contributed by atoms with E-state index in [1.54, 1.807) is 17.0 Å². The quantitative estimate of drug-likeness (QED) is 0.771. The molecule has 20 heavy (non-hydrogen) atoms. The molecular weight excluding hydrogens is 258 g/mol. The minimum absolute atomic E-state index is 0.0501. The maximum Gasteiger partial charge on any atom is 0.308 e. The van der Waals surface area contributed by atoms with Gasteiger partial charge in [0.25, 0.3) is 5.56 Å². The van der Waals surface area contributed by atoms with Gasteiger partial charge in [0.05, 0.1) is 13.0 Å². The monoisotopic (exact) mass is 279 g/mol. The number of carbonyl (C=O) groups excluding carboxylic acids is 1. The molecule has 6 nitrogen and oxygen atoms in total. The van der Waals surface area contributed by atoms with E-state index in [0.717, 1.165) is 6.42 Å². The highest BCUT2D eigenvalue weighted by Gasteiger charge is 2.27. The molecule has 0 unspecified atom stereocenters. The third-order valence-electron chi connectivity index (χ3n) is 3.69. The van der Waals surface area contributed by atoms with E-state index in [1.807, 2.05) is 11.8 Å². The molecule has 0 spiro atoms. The zero-order valence-corrected chi connectivity index (χ0v) is 12.0. The lowest BCUT2D eigenvalue weighted by molar-refractivity contribution is -0.146. The Bertz CT molecular complexity index is 519. The van der Waals surface area contributed by atoms with Crippen LogP contribution >= 0.6 is 0 Å². The molecule has 110 valence electrons. The number of esters is 1. The summed E-state index contributed by atoms with van der Waals surface area (Å²) in [5, 5.41) is 0. The van der Waals surface area contributed by atoms with Crippen LogP contribution in [-0.4, -0.2) is 35.7 Å². The third-order valence-corrected chi connectivity index (χ3v) is 3.69.